The number of piperazine rings is 1. The van der Waals surface area contributed by atoms with E-state index in [1.165, 1.54) is 0 Å². The molecule has 2 heterocycles. The minimum Gasteiger partial charge on any atom is -0.369 e. The van der Waals surface area contributed by atoms with Crippen molar-refractivity contribution in [3.63, 3.8) is 0 Å². The average Bonchev–Trinajstić information content (AvgIpc) is 2.93. The second-order valence-corrected chi connectivity index (χ2v) is 11.6. The van der Waals surface area contributed by atoms with Gasteiger partial charge in [-0.3, -0.25) is 19.6 Å². The number of nitrogens with zero attached hydrogens (tertiary/aromatic N) is 3. The van der Waals surface area contributed by atoms with Gasteiger partial charge in [0.25, 0.3) is 5.60 Å². The number of aliphatic hydroxyl groups is 1. The fourth-order valence-corrected chi connectivity index (χ4v) is 5.61. The zero-order valence-electron chi connectivity index (χ0n) is 24.7. The lowest BCUT2D eigenvalue weighted by Crippen LogP contribution is -2.53. The van der Waals surface area contributed by atoms with Crippen LogP contribution < -0.4 is 5.32 Å². The van der Waals surface area contributed by atoms with Crippen LogP contribution in [-0.2, 0) is 23.5 Å². The van der Waals surface area contributed by atoms with Gasteiger partial charge in [0.05, 0.1) is 0 Å². The predicted molar refractivity (Wildman–Crippen MR) is 154 cm³/mol. The first-order chi connectivity index (χ1) is 20.6. The minimum atomic E-state index is -5.94. The minimum absolute atomic E-state index is 0.0208. The van der Waals surface area contributed by atoms with Crippen LogP contribution in [-0.4, -0.2) is 69.9 Å². The van der Waals surface area contributed by atoms with Crippen molar-refractivity contribution >= 4 is 5.91 Å². The zero-order valence-corrected chi connectivity index (χ0v) is 24.7. The summed E-state index contributed by atoms with van der Waals surface area (Å²) >= 11 is 0. The van der Waals surface area contributed by atoms with Crippen molar-refractivity contribution in [2.24, 2.45) is 0 Å². The van der Waals surface area contributed by atoms with Crippen LogP contribution >= 0.6 is 0 Å². The molecule has 0 saturated carbocycles. The number of alkyl halides is 6. The first kappa shape index (κ1) is 33.4. The van der Waals surface area contributed by atoms with E-state index in [4.69, 9.17) is 0 Å². The summed E-state index contributed by atoms with van der Waals surface area (Å²) < 4.78 is 79.7. The Kier molecular flexibility index (Phi) is 10.1. The molecule has 1 aliphatic rings. The maximum Gasteiger partial charge on any atom is 0.430 e. The van der Waals surface area contributed by atoms with Crippen LogP contribution in [0.3, 0.4) is 0 Å². The molecule has 44 heavy (non-hydrogen) atoms. The van der Waals surface area contributed by atoms with E-state index in [1.54, 1.807) is 18.5 Å². The molecule has 6 nitrogen and oxygen atoms in total. The Bertz CT molecular complexity index is 1400. The Morgan fingerprint density at radius 1 is 0.932 bits per heavy atom. The summed E-state index contributed by atoms with van der Waals surface area (Å²) in [4.78, 5) is 21.4. The monoisotopic (exact) mass is 622 g/mol. The number of aryl methyl sites for hydroxylation is 1. The van der Waals surface area contributed by atoms with Gasteiger partial charge in [0.15, 0.2) is 0 Å². The molecule has 1 saturated heterocycles. The number of nitrogens with one attached hydrogen (secondary N) is 1. The third kappa shape index (κ3) is 7.59. The lowest BCUT2D eigenvalue weighted by molar-refractivity contribution is -0.376. The fourth-order valence-electron chi connectivity index (χ4n) is 5.61. The molecule has 238 valence electrons. The second kappa shape index (κ2) is 13.3. The van der Waals surface area contributed by atoms with Crippen LogP contribution in [0.2, 0.25) is 0 Å². The number of aromatic nitrogens is 1. The Morgan fingerprint density at radius 2 is 1.57 bits per heavy atom. The van der Waals surface area contributed by atoms with E-state index >= 15 is 0 Å². The van der Waals surface area contributed by atoms with Crippen LogP contribution in [0.5, 0.6) is 0 Å². The molecule has 0 aliphatic carbocycles. The summed E-state index contributed by atoms with van der Waals surface area (Å²) in [7, 11) is 0. The summed E-state index contributed by atoms with van der Waals surface area (Å²) in [5, 5.41) is 12.7. The number of halogens is 6. The molecule has 3 aromatic rings. The van der Waals surface area contributed by atoms with Gasteiger partial charge in [-0.25, -0.2) is 0 Å². The molecule has 2 aromatic carbocycles. The van der Waals surface area contributed by atoms with Crippen LogP contribution in [0.4, 0.5) is 26.3 Å². The topological polar surface area (TPSA) is 68.7 Å². The van der Waals surface area contributed by atoms with Gasteiger partial charge in [-0.15, -0.1) is 0 Å². The van der Waals surface area contributed by atoms with Crippen molar-refractivity contribution < 1.29 is 36.2 Å². The van der Waals surface area contributed by atoms with E-state index in [0.29, 0.717) is 42.8 Å². The summed E-state index contributed by atoms with van der Waals surface area (Å²) in [5.41, 5.74) is -2.34. The molecule has 12 heteroatoms. The molecule has 1 aromatic heterocycles. The third-order valence-corrected chi connectivity index (χ3v) is 7.83. The van der Waals surface area contributed by atoms with Crippen molar-refractivity contribution in [1.82, 2.24) is 20.1 Å². The van der Waals surface area contributed by atoms with Gasteiger partial charge in [-0.05, 0) is 60.7 Å². The molecule has 0 bridgehead atoms. The Balaban J connectivity index is 1.51. The van der Waals surface area contributed by atoms with Gasteiger partial charge in [0.2, 0.25) is 5.91 Å². The number of carbonyl (C=O) groups is 1. The third-order valence-electron chi connectivity index (χ3n) is 7.83. The maximum atomic E-state index is 13.3. The number of carbonyl (C=O) groups excluding carboxylic acids is 1. The highest BCUT2D eigenvalue weighted by molar-refractivity contribution is 5.76. The van der Waals surface area contributed by atoms with E-state index in [-0.39, 0.29) is 18.0 Å². The SMILES string of the molecule is Cc1cc(CN2CCN(Cc3ccncc3)C[C@@H]2CC(=O)NC(C)C)ccc1-c1ccc(C(O)(C(F)(F)F)C(F)(F)F)cc1. The highest BCUT2D eigenvalue weighted by Gasteiger charge is 2.71. The zero-order chi connectivity index (χ0) is 32.3. The molecule has 4 rings (SSSR count). The van der Waals surface area contributed by atoms with E-state index in [1.807, 2.05) is 45.0 Å². The number of hydrogen-bond acceptors (Lipinski definition) is 5. The smallest absolute Gasteiger partial charge is 0.369 e. The number of benzene rings is 2. The molecule has 2 N–H and O–H groups in total. The summed E-state index contributed by atoms with van der Waals surface area (Å²) in [6.07, 6.45) is -8.05. The quantitative estimate of drug-likeness (QED) is 0.288. The molecule has 1 aliphatic heterocycles. The first-order valence-corrected chi connectivity index (χ1v) is 14.3. The molecule has 1 atom stereocenters. The Hall–Kier alpha value is -3.48. The molecule has 0 spiro atoms. The van der Waals surface area contributed by atoms with Crippen LogP contribution in [0.1, 0.15) is 42.5 Å². The number of hydrogen-bond donors (Lipinski definition) is 2. The lowest BCUT2D eigenvalue weighted by Gasteiger charge is -2.41. The van der Waals surface area contributed by atoms with E-state index in [2.05, 4.69) is 20.1 Å². The first-order valence-electron chi connectivity index (χ1n) is 14.3. The number of pyridine rings is 1. The summed E-state index contributed by atoms with van der Waals surface area (Å²) in [6.45, 7) is 9.17. The fraction of sp³-hybridized carbons (Fsp3) is 0.438. The van der Waals surface area contributed by atoms with Crippen molar-refractivity contribution in [2.45, 2.75) is 70.3 Å². The molecule has 0 unspecified atom stereocenters. The van der Waals surface area contributed by atoms with Crippen molar-refractivity contribution in [2.75, 3.05) is 19.6 Å². The maximum absolute atomic E-state index is 13.3. The Morgan fingerprint density at radius 3 is 2.14 bits per heavy atom. The normalized spacial score (nSPS) is 17.2. The summed E-state index contributed by atoms with van der Waals surface area (Å²) in [6, 6.07) is 13.1. The Labute approximate surface area is 252 Å². The predicted octanol–water partition coefficient (Wildman–Crippen LogP) is 5.97. The molecule has 1 fully saturated rings. The number of amides is 1. The van der Waals surface area contributed by atoms with Crippen molar-refractivity contribution in [1.29, 1.82) is 0 Å². The molecular weight excluding hydrogens is 586 g/mol. The van der Waals surface area contributed by atoms with Crippen LogP contribution in [0, 0.1) is 6.92 Å². The van der Waals surface area contributed by atoms with Gasteiger partial charge in [-0.2, -0.15) is 26.3 Å². The molecular formula is C32H36F6N4O2. The van der Waals surface area contributed by atoms with Gasteiger partial charge in [0.1, 0.15) is 0 Å². The van der Waals surface area contributed by atoms with Crippen molar-refractivity contribution in [3.05, 3.63) is 89.2 Å². The average molecular weight is 623 g/mol. The molecule has 1 amide bonds. The van der Waals surface area contributed by atoms with E-state index in [9.17, 15) is 36.2 Å². The number of rotatable bonds is 9. The van der Waals surface area contributed by atoms with Gasteiger partial charge < -0.3 is 10.4 Å². The largest absolute Gasteiger partial charge is 0.430 e. The summed E-state index contributed by atoms with van der Waals surface area (Å²) in [5.74, 6) is -0.0290. The van der Waals surface area contributed by atoms with Crippen LogP contribution in [0.25, 0.3) is 11.1 Å². The van der Waals surface area contributed by atoms with Crippen molar-refractivity contribution in [3.8, 4) is 11.1 Å². The standard InChI is InChI=1S/C32H36F6N4O2/c1-21(2)40-29(43)17-27-20-41(18-23-10-12-39-13-11-23)14-15-42(27)19-24-4-9-28(22(3)16-24)25-5-7-26(8-6-25)30(44,31(33,34)35)32(36,37)38/h4-13,16,21,27,44H,14-15,17-20H2,1-3H3,(H,40,43)/t27-/m0/s1. The second-order valence-electron chi connectivity index (χ2n) is 11.6. The van der Waals surface area contributed by atoms with Gasteiger partial charge in [0, 0.05) is 69.2 Å². The molecule has 0 radical (unpaired) electrons. The lowest BCUT2D eigenvalue weighted by atomic mass is 9.90. The van der Waals surface area contributed by atoms with E-state index < -0.39 is 23.5 Å². The van der Waals surface area contributed by atoms with Gasteiger partial charge in [-0.1, -0.05) is 42.5 Å². The highest BCUT2D eigenvalue weighted by atomic mass is 19.4. The van der Waals surface area contributed by atoms with Gasteiger partial charge >= 0.3 is 12.4 Å². The van der Waals surface area contributed by atoms with Crippen LogP contribution in [0.15, 0.2) is 67.0 Å². The highest BCUT2D eigenvalue weighted by Crippen LogP contribution is 2.50. The van der Waals surface area contributed by atoms with E-state index in [0.717, 1.165) is 48.5 Å².